The Kier molecular flexibility index (Phi) is 6.72. The molecule has 1 unspecified atom stereocenters. The summed E-state index contributed by atoms with van der Waals surface area (Å²) in [5.41, 5.74) is 1.79. The Labute approximate surface area is 156 Å². The zero-order valence-corrected chi connectivity index (χ0v) is 15.9. The van der Waals surface area contributed by atoms with Gasteiger partial charge in [0.1, 0.15) is 5.82 Å². The molecule has 1 saturated heterocycles. The van der Waals surface area contributed by atoms with E-state index in [9.17, 15) is 4.39 Å². The molecule has 26 heavy (non-hydrogen) atoms. The second-order valence-corrected chi connectivity index (χ2v) is 7.40. The van der Waals surface area contributed by atoms with E-state index >= 15 is 0 Å². The first-order valence-electron chi connectivity index (χ1n) is 9.71. The van der Waals surface area contributed by atoms with E-state index in [1.54, 1.807) is 13.1 Å². The summed E-state index contributed by atoms with van der Waals surface area (Å²) in [7, 11) is 1.78. The van der Waals surface area contributed by atoms with Crippen LogP contribution in [0.1, 0.15) is 31.2 Å². The normalized spacial score (nSPS) is 21.0. The molecule has 144 valence electrons. The molecule has 6 heteroatoms. The van der Waals surface area contributed by atoms with Crippen LogP contribution in [0.2, 0.25) is 0 Å². The molecular weight excluding hydrogens is 331 g/mol. The molecule has 5 nitrogen and oxygen atoms in total. The largest absolute Gasteiger partial charge is 0.379 e. The van der Waals surface area contributed by atoms with Crippen LogP contribution in [-0.2, 0) is 4.74 Å². The molecule has 1 atom stereocenters. The van der Waals surface area contributed by atoms with Gasteiger partial charge < -0.3 is 20.3 Å². The first-order chi connectivity index (χ1) is 12.7. The predicted octanol–water partition coefficient (Wildman–Crippen LogP) is 2.69. The Balaban J connectivity index is 1.46. The lowest BCUT2D eigenvalue weighted by atomic mass is 10.0. The SMILES string of the molecule is CN=C(NCCOCC1CC1)NC1CCCN(c2cc(C)ccc2F)C1. The van der Waals surface area contributed by atoms with Crippen LogP contribution in [0.4, 0.5) is 10.1 Å². The second kappa shape index (κ2) is 9.21. The van der Waals surface area contributed by atoms with Gasteiger partial charge in [-0.2, -0.15) is 0 Å². The van der Waals surface area contributed by atoms with Gasteiger partial charge in [0, 0.05) is 39.3 Å². The number of anilines is 1. The van der Waals surface area contributed by atoms with Gasteiger partial charge in [-0.1, -0.05) is 6.07 Å². The predicted molar refractivity (Wildman–Crippen MR) is 104 cm³/mol. The Morgan fingerprint density at radius 2 is 2.19 bits per heavy atom. The second-order valence-electron chi connectivity index (χ2n) is 7.40. The number of benzene rings is 1. The number of ether oxygens (including phenoxy) is 1. The standard InChI is InChI=1S/C20H31FN4O/c1-15-5-8-18(21)19(12-15)25-10-3-4-17(13-25)24-20(22-2)23-9-11-26-14-16-6-7-16/h5,8,12,16-17H,3-4,6-7,9-11,13-14H2,1-2H3,(H2,22,23,24). The van der Waals surface area contributed by atoms with E-state index in [2.05, 4.69) is 20.5 Å². The van der Waals surface area contributed by atoms with Gasteiger partial charge in [0.05, 0.1) is 12.3 Å². The van der Waals surface area contributed by atoms with Gasteiger partial charge in [-0.3, -0.25) is 4.99 Å². The quantitative estimate of drug-likeness (QED) is 0.445. The van der Waals surface area contributed by atoms with Crippen molar-refractivity contribution in [2.75, 3.05) is 44.8 Å². The Morgan fingerprint density at radius 1 is 1.35 bits per heavy atom. The number of guanidine groups is 1. The summed E-state index contributed by atoms with van der Waals surface area (Å²) < 4.78 is 19.8. The fraction of sp³-hybridized carbons (Fsp3) is 0.650. The van der Waals surface area contributed by atoms with E-state index in [0.717, 1.165) is 56.5 Å². The topological polar surface area (TPSA) is 48.9 Å². The lowest BCUT2D eigenvalue weighted by Crippen LogP contribution is -2.51. The van der Waals surface area contributed by atoms with Crippen LogP contribution in [0.5, 0.6) is 0 Å². The highest BCUT2D eigenvalue weighted by Crippen LogP contribution is 2.28. The fourth-order valence-corrected chi connectivity index (χ4v) is 3.34. The average Bonchev–Trinajstić information content (AvgIpc) is 3.47. The number of halogens is 1. The molecule has 3 rings (SSSR count). The van der Waals surface area contributed by atoms with Crippen molar-refractivity contribution >= 4 is 11.6 Å². The highest BCUT2D eigenvalue weighted by atomic mass is 19.1. The minimum absolute atomic E-state index is 0.147. The van der Waals surface area contributed by atoms with Gasteiger partial charge in [0.2, 0.25) is 0 Å². The molecule has 2 aliphatic rings. The zero-order valence-electron chi connectivity index (χ0n) is 15.9. The van der Waals surface area contributed by atoms with Crippen LogP contribution < -0.4 is 15.5 Å². The smallest absolute Gasteiger partial charge is 0.191 e. The molecule has 0 bridgehead atoms. The van der Waals surface area contributed by atoms with Crippen molar-refractivity contribution in [2.45, 2.75) is 38.6 Å². The third-order valence-corrected chi connectivity index (χ3v) is 5.02. The van der Waals surface area contributed by atoms with Gasteiger partial charge in [0.15, 0.2) is 5.96 Å². The van der Waals surface area contributed by atoms with Crippen molar-refractivity contribution < 1.29 is 9.13 Å². The molecule has 1 heterocycles. The van der Waals surface area contributed by atoms with E-state index in [0.29, 0.717) is 12.3 Å². The van der Waals surface area contributed by atoms with Crippen molar-refractivity contribution in [2.24, 2.45) is 10.9 Å². The maximum absolute atomic E-state index is 14.2. The van der Waals surface area contributed by atoms with Crippen LogP contribution in [0.3, 0.4) is 0 Å². The van der Waals surface area contributed by atoms with Crippen LogP contribution >= 0.6 is 0 Å². The highest BCUT2D eigenvalue weighted by Gasteiger charge is 2.23. The number of piperidine rings is 1. The van der Waals surface area contributed by atoms with Crippen LogP contribution in [0, 0.1) is 18.7 Å². The van der Waals surface area contributed by atoms with Crippen LogP contribution in [0.15, 0.2) is 23.2 Å². The van der Waals surface area contributed by atoms with E-state index in [-0.39, 0.29) is 11.9 Å². The molecule has 1 aliphatic heterocycles. The van der Waals surface area contributed by atoms with Crippen molar-refractivity contribution in [3.63, 3.8) is 0 Å². The van der Waals surface area contributed by atoms with Gasteiger partial charge in [-0.05, 0) is 56.2 Å². The maximum Gasteiger partial charge on any atom is 0.191 e. The fourth-order valence-electron chi connectivity index (χ4n) is 3.34. The number of aryl methyl sites for hydroxylation is 1. The van der Waals surface area contributed by atoms with Crippen LogP contribution in [0.25, 0.3) is 0 Å². The Bertz CT molecular complexity index is 618. The summed E-state index contributed by atoms with van der Waals surface area (Å²) in [6.45, 7) is 5.99. The van der Waals surface area contributed by atoms with E-state index < -0.39 is 0 Å². The molecule has 0 radical (unpaired) electrons. The molecule has 2 N–H and O–H groups in total. The van der Waals surface area contributed by atoms with Crippen molar-refractivity contribution in [3.8, 4) is 0 Å². The summed E-state index contributed by atoms with van der Waals surface area (Å²) in [6.07, 6.45) is 4.72. The first kappa shape index (κ1) is 19.0. The highest BCUT2D eigenvalue weighted by molar-refractivity contribution is 5.80. The molecule has 1 aromatic carbocycles. The number of hydrogen-bond acceptors (Lipinski definition) is 3. The number of nitrogens with one attached hydrogen (secondary N) is 2. The Hall–Kier alpha value is -1.82. The molecule has 0 amide bonds. The number of aliphatic imine (C=N–C) groups is 1. The molecular formula is C20H31FN4O. The first-order valence-corrected chi connectivity index (χ1v) is 9.71. The lowest BCUT2D eigenvalue weighted by Gasteiger charge is -2.35. The summed E-state index contributed by atoms with van der Waals surface area (Å²) in [6, 6.07) is 5.56. The third-order valence-electron chi connectivity index (χ3n) is 5.02. The van der Waals surface area contributed by atoms with Crippen molar-refractivity contribution in [3.05, 3.63) is 29.6 Å². The van der Waals surface area contributed by atoms with E-state index in [1.165, 1.54) is 12.8 Å². The van der Waals surface area contributed by atoms with Crippen molar-refractivity contribution in [1.29, 1.82) is 0 Å². The average molecular weight is 362 g/mol. The van der Waals surface area contributed by atoms with E-state index in [4.69, 9.17) is 4.74 Å². The number of nitrogens with zero attached hydrogens (tertiary/aromatic N) is 2. The molecule has 1 aliphatic carbocycles. The molecule has 0 aromatic heterocycles. The molecule has 1 aromatic rings. The maximum atomic E-state index is 14.2. The van der Waals surface area contributed by atoms with Crippen molar-refractivity contribution in [1.82, 2.24) is 10.6 Å². The number of hydrogen-bond donors (Lipinski definition) is 2. The molecule has 0 spiro atoms. The van der Waals surface area contributed by atoms with E-state index in [1.807, 2.05) is 19.1 Å². The lowest BCUT2D eigenvalue weighted by molar-refractivity contribution is 0.129. The molecule has 2 fully saturated rings. The van der Waals surface area contributed by atoms with Gasteiger partial charge in [-0.25, -0.2) is 4.39 Å². The summed E-state index contributed by atoms with van der Waals surface area (Å²) in [5, 5.41) is 6.78. The van der Waals surface area contributed by atoms with Crippen LogP contribution in [-0.4, -0.2) is 51.9 Å². The monoisotopic (exact) mass is 362 g/mol. The summed E-state index contributed by atoms with van der Waals surface area (Å²) in [4.78, 5) is 6.44. The Morgan fingerprint density at radius 3 is 2.96 bits per heavy atom. The zero-order chi connectivity index (χ0) is 18.4. The third kappa shape index (κ3) is 5.59. The molecule has 1 saturated carbocycles. The number of rotatable bonds is 7. The summed E-state index contributed by atoms with van der Waals surface area (Å²) in [5.74, 6) is 1.44. The summed E-state index contributed by atoms with van der Waals surface area (Å²) >= 11 is 0. The minimum atomic E-state index is -0.147. The van der Waals surface area contributed by atoms with Gasteiger partial charge in [-0.15, -0.1) is 0 Å². The van der Waals surface area contributed by atoms with Gasteiger partial charge in [0.25, 0.3) is 0 Å². The minimum Gasteiger partial charge on any atom is -0.379 e. The van der Waals surface area contributed by atoms with Gasteiger partial charge >= 0.3 is 0 Å².